The Hall–Kier alpha value is -3.43. The SMILES string of the molecule is COc1ccc(Cl)cc1S(=O)(=O)Nc1ccccc1Cc1nc(-c2ccncc2)no1. The molecule has 2 heterocycles. The van der Waals surface area contributed by atoms with Crippen molar-refractivity contribution in [3.8, 4) is 17.1 Å². The van der Waals surface area contributed by atoms with Crippen molar-refractivity contribution in [2.24, 2.45) is 0 Å². The number of nitrogens with zero attached hydrogens (tertiary/aromatic N) is 3. The standard InChI is InChI=1S/C21H17ClN4O4S/c1-29-18-7-6-16(22)13-19(18)31(27,28)26-17-5-3-2-4-15(17)12-20-24-21(25-30-20)14-8-10-23-11-9-14/h2-11,13,26H,12H2,1H3. The maximum atomic E-state index is 13.0. The lowest BCUT2D eigenvalue weighted by molar-refractivity contribution is 0.386. The van der Waals surface area contributed by atoms with E-state index < -0.39 is 10.0 Å². The topological polar surface area (TPSA) is 107 Å². The highest BCUT2D eigenvalue weighted by atomic mass is 35.5. The summed E-state index contributed by atoms with van der Waals surface area (Å²) in [6, 6.07) is 14.9. The Labute approximate surface area is 183 Å². The number of hydrogen-bond donors (Lipinski definition) is 1. The van der Waals surface area contributed by atoms with E-state index in [1.54, 1.807) is 54.9 Å². The second kappa shape index (κ2) is 8.75. The Kier molecular flexibility index (Phi) is 5.88. The molecule has 4 aromatic rings. The number of nitrogens with one attached hydrogen (secondary N) is 1. The molecule has 0 aliphatic rings. The number of pyridine rings is 1. The fourth-order valence-corrected chi connectivity index (χ4v) is 4.48. The molecule has 8 nitrogen and oxygen atoms in total. The van der Waals surface area contributed by atoms with Gasteiger partial charge in [0.05, 0.1) is 19.2 Å². The van der Waals surface area contributed by atoms with Gasteiger partial charge in [0.25, 0.3) is 10.0 Å². The molecule has 31 heavy (non-hydrogen) atoms. The van der Waals surface area contributed by atoms with Crippen LogP contribution in [0, 0.1) is 0 Å². The summed E-state index contributed by atoms with van der Waals surface area (Å²) in [6.45, 7) is 0. The summed E-state index contributed by atoms with van der Waals surface area (Å²) in [5, 5.41) is 4.26. The number of hydrogen-bond acceptors (Lipinski definition) is 7. The highest BCUT2D eigenvalue weighted by Gasteiger charge is 2.22. The van der Waals surface area contributed by atoms with Crippen molar-refractivity contribution < 1.29 is 17.7 Å². The molecular formula is C21H17ClN4O4S. The fraction of sp³-hybridized carbons (Fsp3) is 0.0952. The van der Waals surface area contributed by atoms with Crippen molar-refractivity contribution in [2.45, 2.75) is 11.3 Å². The third kappa shape index (κ3) is 4.68. The number of benzene rings is 2. The van der Waals surface area contributed by atoms with Crippen molar-refractivity contribution in [1.29, 1.82) is 0 Å². The van der Waals surface area contributed by atoms with E-state index in [1.807, 2.05) is 0 Å². The lowest BCUT2D eigenvalue weighted by Crippen LogP contribution is -2.15. The minimum atomic E-state index is -3.96. The minimum Gasteiger partial charge on any atom is -0.495 e. The second-order valence-corrected chi connectivity index (χ2v) is 8.57. The molecule has 0 saturated heterocycles. The normalized spacial score (nSPS) is 11.3. The van der Waals surface area contributed by atoms with Crippen LogP contribution < -0.4 is 9.46 Å². The summed E-state index contributed by atoms with van der Waals surface area (Å²) in [4.78, 5) is 8.30. The molecule has 0 spiro atoms. The third-order valence-electron chi connectivity index (χ3n) is 4.43. The molecule has 0 atom stereocenters. The van der Waals surface area contributed by atoms with Crippen molar-refractivity contribution in [1.82, 2.24) is 15.1 Å². The van der Waals surface area contributed by atoms with Gasteiger partial charge in [0.1, 0.15) is 10.6 Å². The number of sulfonamides is 1. The summed E-state index contributed by atoms with van der Waals surface area (Å²) in [5.74, 6) is 0.964. The van der Waals surface area contributed by atoms with E-state index in [0.717, 1.165) is 5.56 Å². The monoisotopic (exact) mass is 456 g/mol. The number of methoxy groups -OCH3 is 1. The number of ether oxygens (including phenoxy) is 1. The third-order valence-corrected chi connectivity index (χ3v) is 6.05. The van der Waals surface area contributed by atoms with Gasteiger partial charge in [0, 0.05) is 23.0 Å². The lowest BCUT2D eigenvalue weighted by Gasteiger charge is -2.14. The van der Waals surface area contributed by atoms with E-state index in [0.29, 0.717) is 23.0 Å². The van der Waals surface area contributed by atoms with Crippen molar-refractivity contribution in [2.75, 3.05) is 11.8 Å². The molecule has 1 N–H and O–H groups in total. The predicted octanol–water partition coefficient (Wildman–Crippen LogP) is 4.19. The first-order valence-corrected chi connectivity index (χ1v) is 11.0. The van der Waals surface area contributed by atoms with Gasteiger partial charge >= 0.3 is 0 Å². The molecule has 4 rings (SSSR count). The Morgan fingerprint density at radius 3 is 2.65 bits per heavy atom. The van der Waals surface area contributed by atoms with Gasteiger partial charge in [-0.1, -0.05) is 35.0 Å². The van der Waals surface area contributed by atoms with Crippen molar-refractivity contribution >= 4 is 27.3 Å². The second-order valence-electron chi connectivity index (χ2n) is 6.48. The number of rotatable bonds is 7. The first kappa shape index (κ1) is 20.8. The van der Waals surface area contributed by atoms with Crippen LogP contribution in [0.2, 0.25) is 5.02 Å². The Morgan fingerprint density at radius 1 is 1.10 bits per heavy atom. The highest BCUT2D eigenvalue weighted by Crippen LogP contribution is 2.30. The van der Waals surface area contributed by atoms with Gasteiger partial charge in [0.2, 0.25) is 11.7 Å². The lowest BCUT2D eigenvalue weighted by atomic mass is 10.1. The molecule has 0 aliphatic carbocycles. The van der Waals surface area contributed by atoms with Gasteiger partial charge in [-0.3, -0.25) is 9.71 Å². The van der Waals surface area contributed by atoms with Crippen molar-refractivity contribution in [3.63, 3.8) is 0 Å². The van der Waals surface area contributed by atoms with Crippen LogP contribution in [0.4, 0.5) is 5.69 Å². The number of para-hydroxylation sites is 1. The molecule has 2 aromatic heterocycles. The van der Waals surface area contributed by atoms with E-state index in [1.165, 1.54) is 19.2 Å². The molecule has 0 fully saturated rings. The maximum absolute atomic E-state index is 13.0. The number of aromatic nitrogens is 3. The average Bonchev–Trinajstić information content (AvgIpc) is 3.24. The first-order valence-electron chi connectivity index (χ1n) is 9.13. The van der Waals surface area contributed by atoms with Gasteiger partial charge in [-0.2, -0.15) is 4.98 Å². The summed E-state index contributed by atoms with van der Waals surface area (Å²) in [6.07, 6.45) is 3.52. The van der Waals surface area contributed by atoms with Crippen molar-refractivity contribution in [3.05, 3.63) is 83.5 Å². The quantitative estimate of drug-likeness (QED) is 0.444. The molecule has 0 bridgehead atoms. The zero-order chi connectivity index (χ0) is 21.8. The average molecular weight is 457 g/mol. The Morgan fingerprint density at radius 2 is 1.87 bits per heavy atom. The van der Waals surface area contributed by atoms with Crippen LogP contribution in [0.25, 0.3) is 11.4 Å². The summed E-state index contributed by atoms with van der Waals surface area (Å²) >= 11 is 5.99. The summed E-state index contributed by atoms with van der Waals surface area (Å²) in [7, 11) is -2.57. The Balaban J connectivity index is 1.61. The van der Waals surface area contributed by atoms with Gasteiger partial charge in [-0.05, 0) is 42.0 Å². The highest BCUT2D eigenvalue weighted by molar-refractivity contribution is 7.92. The molecule has 2 aromatic carbocycles. The summed E-state index contributed by atoms with van der Waals surface area (Å²) in [5.41, 5.74) is 1.82. The van der Waals surface area contributed by atoms with E-state index in [4.69, 9.17) is 20.9 Å². The molecule has 0 aliphatic heterocycles. The van der Waals surface area contributed by atoms with Crippen LogP contribution in [0.5, 0.6) is 5.75 Å². The first-order chi connectivity index (χ1) is 15.0. The fourth-order valence-electron chi connectivity index (χ4n) is 2.94. The predicted molar refractivity (Wildman–Crippen MR) is 116 cm³/mol. The van der Waals surface area contributed by atoms with Crippen LogP contribution in [-0.2, 0) is 16.4 Å². The van der Waals surface area contributed by atoms with E-state index in [-0.39, 0.29) is 22.1 Å². The van der Waals surface area contributed by atoms with Crippen LogP contribution >= 0.6 is 11.6 Å². The number of halogens is 1. The molecule has 0 saturated carbocycles. The minimum absolute atomic E-state index is 0.0601. The number of anilines is 1. The van der Waals surface area contributed by atoms with Crippen LogP contribution in [0.1, 0.15) is 11.5 Å². The van der Waals surface area contributed by atoms with Gasteiger partial charge < -0.3 is 9.26 Å². The van der Waals surface area contributed by atoms with E-state index >= 15 is 0 Å². The molecule has 0 radical (unpaired) electrons. The molecule has 0 amide bonds. The van der Waals surface area contributed by atoms with Crippen LogP contribution in [0.3, 0.4) is 0 Å². The molecule has 158 valence electrons. The zero-order valence-electron chi connectivity index (χ0n) is 16.3. The molecular weight excluding hydrogens is 440 g/mol. The van der Waals surface area contributed by atoms with Gasteiger partial charge in [-0.15, -0.1) is 0 Å². The summed E-state index contributed by atoms with van der Waals surface area (Å²) < 4.78 is 39.2. The van der Waals surface area contributed by atoms with Gasteiger partial charge in [-0.25, -0.2) is 8.42 Å². The van der Waals surface area contributed by atoms with E-state index in [9.17, 15) is 8.42 Å². The maximum Gasteiger partial charge on any atom is 0.265 e. The zero-order valence-corrected chi connectivity index (χ0v) is 17.9. The van der Waals surface area contributed by atoms with Gasteiger partial charge in [0.15, 0.2) is 0 Å². The smallest absolute Gasteiger partial charge is 0.265 e. The van der Waals surface area contributed by atoms with E-state index in [2.05, 4.69) is 19.8 Å². The van der Waals surface area contributed by atoms with Crippen LogP contribution in [-0.4, -0.2) is 30.7 Å². The molecule has 10 heteroatoms. The van der Waals surface area contributed by atoms with Crippen LogP contribution in [0.15, 0.2) is 76.4 Å². The Bertz CT molecular complexity index is 1310. The largest absolute Gasteiger partial charge is 0.495 e. The molecule has 0 unspecified atom stereocenters.